The standard InChI is InChI=1S/C19H24N4O6S/c1-8-13-12(9(2)24)17(26)23(13)14(18(27)28)15(8)30-10-4-5-22(6-10)19-21-11(7-29-19)16(25)20-3/h7-10,12-13,24H,4-6H2,1-3H3,(H,20,25)(H,27,28)/t8-,9?,10-,12?,13?/m1/s1. The third-order valence-corrected chi connectivity index (χ3v) is 7.51. The molecule has 30 heavy (non-hydrogen) atoms. The highest BCUT2D eigenvalue weighted by molar-refractivity contribution is 8.03. The zero-order valence-electron chi connectivity index (χ0n) is 16.9. The van der Waals surface area contributed by atoms with E-state index in [9.17, 15) is 24.6 Å². The van der Waals surface area contributed by atoms with E-state index >= 15 is 0 Å². The maximum Gasteiger partial charge on any atom is 0.353 e. The Balaban J connectivity index is 1.49. The first-order valence-corrected chi connectivity index (χ1v) is 10.7. The number of carboxylic acids is 1. The summed E-state index contributed by atoms with van der Waals surface area (Å²) in [5.41, 5.74) is 0.242. The number of β-lactam (4-membered cyclic amide) rings is 1. The van der Waals surface area contributed by atoms with Crippen LogP contribution in [0.15, 0.2) is 21.3 Å². The Kier molecular flexibility index (Phi) is 5.27. The smallest absolute Gasteiger partial charge is 0.353 e. The van der Waals surface area contributed by atoms with E-state index in [0.717, 1.165) is 6.42 Å². The summed E-state index contributed by atoms with van der Waals surface area (Å²) in [6.07, 6.45) is 1.28. The molecule has 162 valence electrons. The normalized spacial score (nSPS) is 29.1. The molecule has 2 fully saturated rings. The molecule has 10 nitrogen and oxygen atoms in total. The Labute approximate surface area is 177 Å². The van der Waals surface area contributed by atoms with Gasteiger partial charge in [-0.1, -0.05) is 6.92 Å². The van der Waals surface area contributed by atoms with Gasteiger partial charge >= 0.3 is 5.97 Å². The second-order valence-corrected chi connectivity index (χ2v) is 9.18. The number of carbonyl (C=O) groups is 3. The predicted molar refractivity (Wildman–Crippen MR) is 108 cm³/mol. The first kappa shape index (κ1) is 20.7. The van der Waals surface area contributed by atoms with Crippen molar-refractivity contribution < 1.29 is 29.0 Å². The summed E-state index contributed by atoms with van der Waals surface area (Å²) in [5.74, 6) is -2.50. The van der Waals surface area contributed by atoms with Crippen molar-refractivity contribution >= 4 is 35.6 Å². The van der Waals surface area contributed by atoms with Crippen molar-refractivity contribution in [1.82, 2.24) is 15.2 Å². The lowest BCUT2D eigenvalue weighted by molar-refractivity contribution is -0.163. The van der Waals surface area contributed by atoms with Crippen LogP contribution in [0.3, 0.4) is 0 Å². The van der Waals surface area contributed by atoms with Crippen LogP contribution in [0, 0.1) is 11.8 Å². The van der Waals surface area contributed by atoms with Gasteiger partial charge in [-0.15, -0.1) is 11.8 Å². The monoisotopic (exact) mass is 436 g/mol. The number of oxazole rings is 1. The SMILES string of the molecule is CNC(=O)c1coc(N2CC[C@@H](SC3=C(C(=O)O)N4C(=O)C(C(C)O)C4[C@H]3C)C2)n1. The summed E-state index contributed by atoms with van der Waals surface area (Å²) < 4.78 is 5.43. The molecule has 3 aliphatic rings. The minimum atomic E-state index is -1.12. The van der Waals surface area contributed by atoms with E-state index in [-0.39, 0.29) is 40.4 Å². The van der Waals surface area contributed by atoms with Gasteiger partial charge in [-0.25, -0.2) is 4.79 Å². The number of amides is 2. The number of aliphatic hydroxyl groups excluding tert-OH is 1. The maximum absolute atomic E-state index is 12.4. The van der Waals surface area contributed by atoms with Crippen LogP contribution in [-0.2, 0) is 9.59 Å². The fourth-order valence-electron chi connectivity index (χ4n) is 4.50. The highest BCUT2D eigenvalue weighted by Crippen LogP contribution is 2.52. The van der Waals surface area contributed by atoms with Crippen LogP contribution in [0.5, 0.6) is 0 Å². The zero-order valence-corrected chi connectivity index (χ0v) is 17.7. The molecule has 2 amide bonds. The molecule has 0 aromatic carbocycles. The van der Waals surface area contributed by atoms with Gasteiger partial charge in [0.1, 0.15) is 12.0 Å². The van der Waals surface area contributed by atoms with Gasteiger partial charge in [0.15, 0.2) is 5.69 Å². The molecular weight excluding hydrogens is 412 g/mol. The number of anilines is 1. The van der Waals surface area contributed by atoms with Crippen molar-refractivity contribution in [2.24, 2.45) is 11.8 Å². The number of aromatic nitrogens is 1. The Hall–Kier alpha value is -2.53. The van der Waals surface area contributed by atoms with Crippen molar-refractivity contribution in [1.29, 1.82) is 0 Å². The number of thioether (sulfide) groups is 1. The van der Waals surface area contributed by atoms with E-state index in [1.54, 1.807) is 6.92 Å². The minimum absolute atomic E-state index is 0.0378. The molecule has 3 aliphatic heterocycles. The lowest BCUT2D eigenvalue weighted by atomic mass is 9.79. The number of carboxylic acid groups (broad SMARTS) is 1. The maximum atomic E-state index is 12.4. The van der Waals surface area contributed by atoms with Crippen LogP contribution >= 0.6 is 11.8 Å². The van der Waals surface area contributed by atoms with Crippen LogP contribution in [0.1, 0.15) is 30.8 Å². The zero-order chi connectivity index (χ0) is 21.7. The van der Waals surface area contributed by atoms with Crippen molar-refractivity contribution in [2.75, 3.05) is 25.0 Å². The van der Waals surface area contributed by atoms with Gasteiger partial charge < -0.3 is 29.7 Å². The fourth-order valence-corrected chi connectivity index (χ4v) is 5.99. The molecule has 0 radical (unpaired) electrons. The molecule has 0 aliphatic carbocycles. The van der Waals surface area contributed by atoms with E-state index in [4.69, 9.17) is 4.42 Å². The quantitative estimate of drug-likeness (QED) is 0.545. The molecular formula is C19H24N4O6S. The van der Waals surface area contributed by atoms with Gasteiger partial charge in [0.05, 0.1) is 18.1 Å². The summed E-state index contributed by atoms with van der Waals surface area (Å²) in [6.45, 7) is 4.72. The number of aliphatic hydroxyl groups is 1. The molecule has 1 aromatic heterocycles. The topological polar surface area (TPSA) is 136 Å². The molecule has 5 atom stereocenters. The lowest BCUT2D eigenvalue weighted by Gasteiger charge is -2.46. The second kappa shape index (κ2) is 7.62. The van der Waals surface area contributed by atoms with Crippen LogP contribution < -0.4 is 10.2 Å². The Morgan fingerprint density at radius 2 is 2.17 bits per heavy atom. The van der Waals surface area contributed by atoms with Gasteiger partial charge in [0, 0.05) is 36.2 Å². The predicted octanol–water partition coefficient (Wildman–Crippen LogP) is 0.500. The van der Waals surface area contributed by atoms with Crippen LogP contribution in [-0.4, -0.2) is 75.4 Å². The first-order chi connectivity index (χ1) is 14.2. The number of hydrogen-bond acceptors (Lipinski definition) is 8. The summed E-state index contributed by atoms with van der Waals surface area (Å²) in [5, 5.41) is 22.3. The number of hydrogen-bond donors (Lipinski definition) is 3. The number of aliphatic carboxylic acids is 1. The Bertz CT molecular complexity index is 928. The van der Waals surface area contributed by atoms with E-state index < -0.39 is 18.0 Å². The van der Waals surface area contributed by atoms with Gasteiger partial charge in [0.2, 0.25) is 5.91 Å². The van der Waals surface area contributed by atoms with E-state index in [2.05, 4.69) is 10.3 Å². The van der Waals surface area contributed by atoms with E-state index in [0.29, 0.717) is 24.0 Å². The van der Waals surface area contributed by atoms with Crippen LogP contribution in [0.4, 0.5) is 6.01 Å². The summed E-state index contributed by atoms with van der Waals surface area (Å²) in [4.78, 5) is 44.2. The van der Waals surface area contributed by atoms with E-state index in [1.165, 1.54) is 30.0 Å². The van der Waals surface area contributed by atoms with Gasteiger partial charge in [-0.05, 0) is 13.3 Å². The minimum Gasteiger partial charge on any atom is -0.477 e. The molecule has 3 unspecified atom stereocenters. The molecule has 4 heterocycles. The highest BCUT2D eigenvalue weighted by Gasteiger charge is 2.60. The lowest BCUT2D eigenvalue weighted by Crippen LogP contribution is -2.63. The Morgan fingerprint density at radius 3 is 2.80 bits per heavy atom. The molecule has 4 rings (SSSR count). The molecule has 1 aromatic rings. The average Bonchev–Trinajstić information content (AvgIpc) is 3.39. The number of fused-ring (bicyclic) bond motifs is 1. The number of nitrogens with zero attached hydrogens (tertiary/aromatic N) is 3. The summed E-state index contributed by atoms with van der Waals surface area (Å²) in [6, 6.07) is 0.0437. The number of nitrogens with one attached hydrogen (secondary N) is 1. The second-order valence-electron chi connectivity index (χ2n) is 7.84. The molecule has 11 heteroatoms. The van der Waals surface area contributed by atoms with E-state index in [1.807, 2.05) is 11.8 Å². The van der Waals surface area contributed by atoms with Crippen molar-refractivity contribution in [3.63, 3.8) is 0 Å². The molecule has 2 saturated heterocycles. The van der Waals surface area contributed by atoms with Crippen molar-refractivity contribution in [3.8, 4) is 0 Å². The molecule has 3 N–H and O–H groups in total. The summed E-state index contributed by atoms with van der Waals surface area (Å²) >= 11 is 1.47. The highest BCUT2D eigenvalue weighted by atomic mass is 32.2. The third-order valence-electron chi connectivity index (χ3n) is 5.97. The molecule has 0 spiro atoms. The van der Waals surface area contributed by atoms with Crippen LogP contribution in [0.25, 0.3) is 0 Å². The average molecular weight is 436 g/mol. The number of carbonyl (C=O) groups excluding carboxylic acids is 2. The van der Waals surface area contributed by atoms with Crippen molar-refractivity contribution in [2.45, 2.75) is 37.7 Å². The number of rotatable bonds is 6. The van der Waals surface area contributed by atoms with Gasteiger partial charge in [-0.2, -0.15) is 4.98 Å². The summed E-state index contributed by atoms with van der Waals surface area (Å²) in [7, 11) is 1.52. The van der Waals surface area contributed by atoms with Gasteiger partial charge in [-0.3, -0.25) is 9.59 Å². The first-order valence-electron chi connectivity index (χ1n) is 9.82. The third kappa shape index (κ3) is 3.16. The molecule has 0 saturated carbocycles. The fraction of sp³-hybridized carbons (Fsp3) is 0.579. The molecule has 0 bridgehead atoms. The van der Waals surface area contributed by atoms with Crippen LogP contribution in [0.2, 0.25) is 0 Å². The van der Waals surface area contributed by atoms with Crippen molar-refractivity contribution in [3.05, 3.63) is 22.6 Å². The largest absolute Gasteiger partial charge is 0.477 e. The Morgan fingerprint density at radius 1 is 1.43 bits per heavy atom. The van der Waals surface area contributed by atoms with Gasteiger partial charge in [0.25, 0.3) is 11.9 Å².